The fourth-order valence-corrected chi connectivity index (χ4v) is 2.49. The summed E-state index contributed by atoms with van der Waals surface area (Å²) < 4.78 is 1.89. The fourth-order valence-electron chi connectivity index (χ4n) is 1.53. The summed E-state index contributed by atoms with van der Waals surface area (Å²) >= 11 is 1.85. The predicted octanol–water partition coefficient (Wildman–Crippen LogP) is 1.67. The van der Waals surface area contributed by atoms with Crippen molar-refractivity contribution in [1.29, 1.82) is 0 Å². The van der Waals surface area contributed by atoms with Crippen LogP contribution >= 0.6 is 11.3 Å². The Morgan fingerprint density at radius 2 is 2.19 bits per heavy atom. The molecule has 2 rings (SSSR count). The van der Waals surface area contributed by atoms with Crippen molar-refractivity contribution in [1.82, 2.24) is 20.3 Å². The minimum atomic E-state index is 0.769. The third-order valence-corrected chi connectivity index (χ3v) is 3.54. The van der Waals surface area contributed by atoms with E-state index >= 15 is 0 Å². The second-order valence-electron chi connectivity index (χ2n) is 3.66. The molecule has 0 aromatic carbocycles. The van der Waals surface area contributed by atoms with Gasteiger partial charge in [0.25, 0.3) is 0 Å². The highest BCUT2D eigenvalue weighted by Crippen LogP contribution is 2.17. The van der Waals surface area contributed by atoms with Crippen molar-refractivity contribution in [2.45, 2.75) is 26.4 Å². The molecule has 0 aliphatic heterocycles. The minimum absolute atomic E-state index is 0.769. The fraction of sp³-hybridized carbons (Fsp3) is 0.455. The molecule has 0 bridgehead atoms. The summed E-state index contributed by atoms with van der Waals surface area (Å²) in [5.41, 5.74) is 0.981. The summed E-state index contributed by atoms with van der Waals surface area (Å²) in [5.74, 6) is 0. The van der Waals surface area contributed by atoms with Crippen LogP contribution in [-0.2, 0) is 19.5 Å². The number of hydrogen-bond acceptors (Lipinski definition) is 4. The average Bonchev–Trinajstić information content (AvgIpc) is 2.89. The molecule has 0 unspecified atom stereocenters. The topological polar surface area (TPSA) is 42.7 Å². The Balaban J connectivity index is 2.02. The molecule has 0 aliphatic carbocycles. The maximum atomic E-state index is 4.10. The lowest BCUT2D eigenvalue weighted by molar-refractivity contribution is 0.655. The van der Waals surface area contributed by atoms with Crippen LogP contribution in [0.1, 0.15) is 22.4 Å². The molecule has 86 valence electrons. The molecular formula is C11H16N4S. The summed E-state index contributed by atoms with van der Waals surface area (Å²) in [6, 6.07) is 4.36. The van der Waals surface area contributed by atoms with Crippen LogP contribution in [0.3, 0.4) is 0 Å². The van der Waals surface area contributed by atoms with E-state index in [0.29, 0.717) is 0 Å². The standard InChI is InChI=1S/C11H16N4S/c1-3-10-4-5-11(16-10)8-15-7-9(6-12-2)13-14-15/h4-5,7,12H,3,6,8H2,1-2H3. The second-order valence-corrected chi connectivity index (χ2v) is 4.91. The Kier molecular flexibility index (Phi) is 3.69. The molecule has 0 amide bonds. The minimum Gasteiger partial charge on any atom is -0.314 e. The van der Waals surface area contributed by atoms with Gasteiger partial charge < -0.3 is 5.32 Å². The van der Waals surface area contributed by atoms with Crippen LogP contribution in [0.2, 0.25) is 0 Å². The zero-order valence-corrected chi connectivity index (χ0v) is 10.4. The smallest absolute Gasteiger partial charge is 0.0964 e. The van der Waals surface area contributed by atoms with E-state index in [-0.39, 0.29) is 0 Å². The van der Waals surface area contributed by atoms with E-state index in [2.05, 4.69) is 34.7 Å². The van der Waals surface area contributed by atoms with Gasteiger partial charge in [-0.2, -0.15) is 0 Å². The Hall–Kier alpha value is -1.20. The monoisotopic (exact) mass is 236 g/mol. The van der Waals surface area contributed by atoms with Crippen molar-refractivity contribution >= 4 is 11.3 Å². The van der Waals surface area contributed by atoms with E-state index in [1.54, 1.807) is 0 Å². The zero-order valence-electron chi connectivity index (χ0n) is 9.60. The molecule has 0 radical (unpaired) electrons. The Bertz CT molecular complexity index is 446. The Morgan fingerprint density at radius 3 is 2.88 bits per heavy atom. The molecule has 2 aromatic rings. The Labute approximate surface area is 99.3 Å². The number of aromatic nitrogens is 3. The molecule has 0 atom stereocenters. The molecule has 16 heavy (non-hydrogen) atoms. The summed E-state index contributed by atoms with van der Waals surface area (Å²) in [4.78, 5) is 2.75. The van der Waals surface area contributed by atoms with Crippen molar-refractivity contribution in [3.8, 4) is 0 Å². The normalized spacial score (nSPS) is 10.9. The van der Waals surface area contributed by atoms with Gasteiger partial charge in [-0.1, -0.05) is 12.1 Å². The van der Waals surface area contributed by atoms with E-state index in [0.717, 1.165) is 25.2 Å². The molecule has 4 nitrogen and oxygen atoms in total. The molecule has 5 heteroatoms. The van der Waals surface area contributed by atoms with Gasteiger partial charge in [-0.3, -0.25) is 0 Å². The van der Waals surface area contributed by atoms with Gasteiger partial charge in [0, 0.05) is 16.3 Å². The number of hydrogen-bond donors (Lipinski definition) is 1. The number of aryl methyl sites for hydroxylation is 1. The van der Waals surface area contributed by atoms with Gasteiger partial charge in [0.1, 0.15) is 0 Å². The lowest BCUT2D eigenvalue weighted by atomic mass is 10.3. The van der Waals surface area contributed by atoms with Crippen LogP contribution in [0.4, 0.5) is 0 Å². The lowest BCUT2D eigenvalue weighted by Crippen LogP contribution is -2.05. The molecule has 0 aliphatic rings. The molecule has 0 spiro atoms. The van der Waals surface area contributed by atoms with Gasteiger partial charge in [-0.25, -0.2) is 4.68 Å². The summed E-state index contributed by atoms with van der Waals surface area (Å²) in [6.45, 7) is 3.77. The summed E-state index contributed by atoms with van der Waals surface area (Å²) in [7, 11) is 1.91. The van der Waals surface area contributed by atoms with Crippen molar-refractivity contribution < 1.29 is 0 Å². The molecule has 0 saturated carbocycles. The third kappa shape index (κ3) is 2.68. The number of rotatable bonds is 5. The largest absolute Gasteiger partial charge is 0.314 e. The molecule has 0 fully saturated rings. The van der Waals surface area contributed by atoms with Gasteiger partial charge >= 0.3 is 0 Å². The predicted molar refractivity (Wildman–Crippen MR) is 65.6 cm³/mol. The van der Waals surface area contributed by atoms with E-state index in [1.165, 1.54) is 9.75 Å². The molecule has 1 N–H and O–H groups in total. The van der Waals surface area contributed by atoms with Crippen LogP contribution < -0.4 is 5.32 Å². The van der Waals surface area contributed by atoms with E-state index in [1.807, 2.05) is 29.3 Å². The van der Waals surface area contributed by atoms with Crippen LogP contribution in [0, 0.1) is 0 Å². The summed E-state index contributed by atoms with van der Waals surface area (Å²) in [5, 5.41) is 11.2. The van der Waals surface area contributed by atoms with Crippen LogP contribution in [0.15, 0.2) is 18.3 Å². The molecule has 2 aromatic heterocycles. The van der Waals surface area contributed by atoms with Crippen molar-refractivity contribution in [3.05, 3.63) is 33.8 Å². The highest BCUT2D eigenvalue weighted by atomic mass is 32.1. The number of nitrogens with zero attached hydrogens (tertiary/aromatic N) is 3. The summed E-state index contributed by atoms with van der Waals surface area (Å²) in [6.07, 6.45) is 3.09. The first kappa shape index (κ1) is 11.3. The number of nitrogens with one attached hydrogen (secondary N) is 1. The molecule has 2 heterocycles. The van der Waals surface area contributed by atoms with Crippen LogP contribution in [0.5, 0.6) is 0 Å². The molecule has 0 saturated heterocycles. The first-order valence-electron chi connectivity index (χ1n) is 5.43. The third-order valence-electron chi connectivity index (χ3n) is 2.33. The highest BCUT2D eigenvalue weighted by molar-refractivity contribution is 7.11. The van der Waals surface area contributed by atoms with Gasteiger partial charge in [-0.05, 0) is 25.6 Å². The first-order valence-corrected chi connectivity index (χ1v) is 6.24. The van der Waals surface area contributed by atoms with Gasteiger partial charge in [0.15, 0.2) is 0 Å². The van der Waals surface area contributed by atoms with Gasteiger partial charge in [0.2, 0.25) is 0 Å². The van der Waals surface area contributed by atoms with E-state index in [4.69, 9.17) is 0 Å². The lowest BCUT2D eigenvalue weighted by Gasteiger charge is -1.95. The zero-order chi connectivity index (χ0) is 11.4. The maximum absolute atomic E-state index is 4.10. The second kappa shape index (κ2) is 5.23. The van der Waals surface area contributed by atoms with E-state index in [9.17, 15) is 0 Å². The van der Waals surface area contributed by atoms with Crippen molar-refractivity contribution in [3.63, 3.8) is 0 Å². The van der Waals surface area contributed by atoms with Crippen LogP contribution in [-0.4, -0.2) is 22.0 Å². The van der Waals surface area contributed by atoms with Crippen molar-refractivity contribution in [2.75, 3.05) is 7.05 Å². The Morgan fingerprint density at radius 1 is 1.38 bits per heavy atom. The van der Waals surface area contributed by atoms with Crippen molar-refractivity contribution in [2.24, 2.45) is 0 Å². The van der Waals surface area contributed by atoms with E-state index < -0.39 is 0 Å². The number of thiophene rings is 1. The SMILES string of the molecule is CCc1ccc(Cn2cc(CNC)nn2)s1. The first-order chi connectivity index (χ1) is 7.81. The quantitative estimate of drug-likeness (QED) is 0.858. The van der Waals surface area contributed by atoms with Crippen LogP contribution in [0.25, 0.3) is 0 Å². The van der Waals surface area contributed by atoms with Gasteiger partial charge in [-0.15, -0.1) is 16.4 Å². The molecular weight excluding hydrogens is 220 g/mol. The van der Waals surface area contributed by atoms with Gasteiger partial charge in [0.05, 0.1) is 18.4 Å². The highest BCUT2D eigenvalue weighted by Gasteiger charge is 2.02. The maximum Gasteiger partial charge on any atom is 0.0964 e. The average molecular weight is 236 g/mol.